The lowest BCUT2D eigenvalue weighted by atomic mass is 10.1. The monoisotopic (exact) mass is 262 g/mol. The number of rotatable bonds is 2. The largest absolute Gasteiger partial charge is 0.398 e. The number of anilines is 2. The number of nitrogens with zero attached hydrogens (tertiary/aromatic N) is 1. The van der Waals surface area contributed by atoms with E-state index in [1.807, 2.05) is 6.07 Å². The third-order valence-corrected chi connectivity index (χ3v) is 2.77. The molecule has 0 unspecified atom stereocenters. The molecule has 0 atom stereocenters. The van der Waals surface area contributed by atoms with Crippen molar-refractivity contribution in [2.24, 2.45) is 0 Å². The van der Waals surface area contributed by atoms with Gasteiger partial charge >= 0.3 is 0 Å². The van der Waals surface area contributed by atoms with Crippen molar-refractivity contribution in [2.75, 3.05) is 17.7 Å². The van der Waals surface area contributed by atoms with Gasteiger partial charge in [0.2, 0.25) is 0 Å². The highest BCUT2D eigenvalue weighted by atomic mass is 19.2. The molecular weight excluding hydrogens is 250 g/mol. The number of halogens is 2. The summed E-state index contributed by atoms with van der Waals surface area (Å²) in [5, 5.41) is 0. The van der Waals surface area contributed by atoms with E-state index in [2.05, 4.69) is 0 Å². The second-order valence-electron chi connectivity index (χ2n) is 4.05. The molecule has 0 spiro atoms. The van der Waals surface area contributed by atoms with Gasteiger partial charge in [-0.3, -0.25) is 4.79 Å². The maximum absolute atomic E-state index is 13.2. The Balaban J connectivity index is 2.37. The van der Waals surface area contributed by atoms with Crippen LogP contribution in [0.4, 0.5) is 20.2 Å². The van der Waals surface area contributed by atoms with Gasteiger partial charge in [0.15, 0.2) is 11.6 Å². The molecule has 2 rings (SSSR count). The highest BCUT2D eigenvalue weighted by Crippen LogP contribution is 2.21. The van der Waals surface area contributed by atoms with Crippen molar-refractivity contribution >= 4 is 17.3 Å². The summed E-state index contributed by atoms with van der Waals surface area (Å²) in [7, 11) is 1.54. The van der Waals surface area contributed by atoms with E-state index < -0.39 is 17.5 Å². The highest BCUT2D eigenvalue weighted by molar-refractivity contribution is 6.08. The van der Waals surface area contributed by atoms with E-state index in [0.717, 1.165) is 12.1 Å². The van der Waals surface area contributed by atoms with Crippen LogP contribution in [0.5, 0.6) is 0 Å². The van der Waals surface area contributed by atoms with Gasteiger partial charge in [0.05, 0.1) is 5.56 Å². The van der Waals surface area contributed by atoms with Crippen LogP contribution < -0.4 is 10.6 Å². The molecule has 0 aliphatic heterocycles. The Labute approximate surface area is 109 Å². The van der Waals surface area contributed by atoms with E-state index in [9.17, 15) is 13.6 Å². The third-order valence-electron chi connectivity index (χ3n) is 2.77. The molecule has 0 heterocycles. The molecule has 19 heavy (non-hydrogen) atoms. The number of hydrogen-bond donors (Lipinski definition) is 1. The van der Waals surface area contributed by atoms with Gasteiger partial charge in [0.1, 0.15) is 0 Å². The third kappa shape index (κ3) is 2.54. The van der Waals surface area contributed by atoms with E-state index in [1.54, 1.807) is 31.3 Å². The predicted molar refractivity (Wildman–Crippen MR) is 69.9 cm³/mol. The Bertz CT molecular complexity index is 614. The molecule has 0 radical (unpaired) electrons. The molecule has 0 bridgehead atoms. The summed E-state index contributed by atoms with van der Waals surface area (Å²) in [4.78, 5) is 13.5. The second kappa shape index (κ2) is 5.06. The first-order chi connectivity index (χ1) is 9.00. The van der Waals surface area contributed by atoms with E-state index >= 15 is 0 Å². The van der Waals surface area contributed by atoms with E-state index in [4.69, 9.17) is 5.73 Å². The zero-order chi connectivity index (χ0) is 14.0. The van der Waals surface area contributed by atoms with Crippen molar-refractivity contribution in [2.45, 2.75) is 0 Å². The molecule has 0 aromatic heterocycles. The number of nitrogens with two attached hydrogens (primary N) is 1. The summed E-state index contributed by atoms with van der Waals surface area (Å²) in [6, 6.07) is 10.4. The van der Waals surface area contributed by atoms with Gasteiger partial charge in [-0.1, -0.05) is 18.2 Å². The SMILES string of the molecule is CN(C(=O)c1cc(F)c(F)cc1N)c1ccccc1. The van der Waals surface area contributed by atoms with E-state index in [1.165, 1.54) is 4.90 Å². The first-order valence-corrected chi connectivity index (χ1v) is 5.58. The van der Waals surface area contributed by atoms with E-state index in [-0.39, 0.29) is 11.3 Å². The predicted octanol–water partition coefficient (Wildman–Crippen LogP) is 2.82. The van der Waals surface area contributed by atoms with Gasteiger partial charge in [-0.15, -0.1) is 0 Å². The molecule has 0 aliphatic carbocycles. The van der Waals surface area contributed by atoms with Crippen molar-refractivity contribution in [3.63, 3.8) is 0 Å². The van der Waals surface area contributed by atoms with Crippen LogP contribution in [0.25, 0.3) is 0 Å². The van der Waals surface area contributed by atoms with Gasteiger partial charge in [-0.05, 0) is 18.2 Å². The zero-order valence-corrected chi connectivity index (χ0v) is 10.2. The summed E-state index contributed by atoms with van der Waals surface area (Å²) in [5.41, 5.74) is 6.03. The molecule has 2 aromatic rings. The second-order valence-corrected chi connectivity index (χ2v) is 4.05. The lowest BCUT2D eigenvalue weighted by molar-refractivity contribution is 0.0993. The van der Waals surface area contributed by atoms with Crippen LogP contribution >= 0.6 is 0 Å². The summed E-state index contributed by atoms with van der Waals surface area (Å²) < 4.78 is 26.2. The fraction of sp³-hybridized carbons (Fsp3) is 0.0714. The Morgan fingerprint density at radius 2 is 1.68 bits per heavy atom. The molecule has 0 saturated carbocycles. The summed E-state index contributed by atoms with van der Waals surface area (Å²) in [6.45, 7) is 0. The smallest absolute Gasteiger partial charge is 0.260 e. The van der Waals surface area contributed by atoms with Gasteiger partial charge < -0.3 is 10.6 Å². The molecule has 0 aliphatic rings. The van der Waals surface area contributed by atoms with Gasteiger partial charge in [0, 0.05) is 24.5 Å². The number of para-hydroxylation sites is 1. The summed E-state index contributed by atoms with van der Waals surface area (Å²) in [5.74, 6) is -2.67. The van der Waals surface area contributed by atoms with Crippen LogP contribution in [0.1, 0.15) is 10.4 Å². The van der Waals surface area contributed by atoms with Crippen molar-refractivity contribution in [1.82, 2.24) is 0 Å². The van der Waals surface area contributed by atoms with Crippen LogP contribution in [-0.2, 0) is 0 Å². The lowest BCUT2D eigenvalue weighted by Gasteiger charge is -2.18. The van der Waals surface area contributed by atoms with Crippen LogP contribution in [0, 0.1) is 11.6 Å². The van der Waals surface area contributed by atoms with Gasteiger partial charge in [0.25, 0.3) is 5.91 Å². The topological polar surface area (TPSA) is 46.3 Å². The molecule has 2 N–H and O–H groups in total. The van der Waals surface area contributed by atoms with Crippen LogP contribution in [0.3, 0.4) is 0 Å². The minimum absolute atomic E-state index is 0.0646. The van der Waals surface area contributed by atoms with Crippen LogP contribution in [-0.4, -0.2) is 13.0 Å². The molecule has 98 valence electrons. The molecule has 1 amide bonds. The average molecular weight is 262 g/mol. The quantitative estimate of drug-likeness (QED) is 0.846. The number of nitrogen functional groups attached to an aromatic ring is 1. The lowest BCUT2D eigenvalue weighted by Crippen LogP contribution is -2.27. The average Bonchev–Trinajstić information content (AvgIpc) is 2.42. The highest BCUT2D eigenvalue weighted by Gasteiger charge is 2.18. The minimum Gasteiger partial charge on any atom is -0.398 e. The fourth-order valence-electron chi connectivity index (χ4n) is 1.70. The van der Waals surface area contributed by atoms with Crippen molar-refractivity contribution < 1.29 is 13.6 Å². The molecule has 2 aromatic carbocycles. The maximum Gasteiger partial charge on any atom is 0.260 e. The van der Waals surface area contributed by atoms with Crippen molar-refractivity contribution in [1.29, 1.82) is 0 Å². The Kier molecular flexibility index (Phi) is 3.46. The first-order valence-electron chi connectivity index (χ1n) is 5.58. The van der Waals surface area contributed by atoms with Gasteiger partial charge in [-0.2, -0.15) is 0 Å². The Hall–Kier alpha value is -2.43. The molecule has 3 nitrogen and oxygen atoms in total. The van der Waals surface area contributed by atoms with E-state index in [0.29, 0.717) is 5.69 Å². The molecule has 5 heteroatoms. The first kappa shape index (κ1) is 13.0. The fourth-order valence-corrected chi connectivity index (χ4v) is 1.70. The molecule has 0 fully saturated rings. The number of benzene rings is 2. The standard InChI is InChI=1S/C14H12F2N2O/c1-18(9-5-3-2-4-6-9)14(19)10-7-11(15)12(16)8-13(10)17/h2-8H,17H2,1H3. The van der Waals surface area contributed by atoms with Crippen LogP contribution in [0.2, 0.25) is 0 Å². The summed E-state index contributed by atoms with van der Waals surface area (Å²) in [6.07, 6.45) is 0. The number of carbonyl (C=O) groups is 1. The van der Waals surface area contributed by atoms with Crippen LogP contribution in [0.15, 0.2) is 42.5 Å². The normalized spacial score (nSPS) is 10.3. The van der Waals surface area contributed by atoms with Gasteiger partial charge in [-0.25, -0.2) is 8.78 Å². The Morgan fingerprint density at radius 3 is 2.32 bits per heavy atom. The molecule has 0 saturated heterocycles. The van der Waals surface area contributed by atoms with Crippen molar-refractivity contribution in [3.05, 3.63) is 59.7 Å². The maximum atomic E-state index is 13.2. The number of amides is 1. The zero-order valence-electron chi connectivity index (χ0n) is 10.2. The number of hydrogen-bond acceptors (Lipinski definition) is 2. The molecular formula is C14H12F2N2O. The minimum atomic E-state index is -1.10. The Morgan fingerprint density at radius 1 is 1.11 bits per heavy atom. The number of carbonyl (C=O) groups excluding carboxylic acids is 1. The van der Waals surface area contributed by atoms with Crippen molar-refractivity contribution in [3.8, 4) is 0 Å². The summed E-state index contributed by atoms with van der Waals surface area (Å²) >= 11 is 0.